The summed E-state index contributed by atoms with van der Waals surface area (Å²) < 4.78 is 13.6. The average Bonchev–Trinajstić information content (AvgIpc) is 3.10. The van der Waals surface area contributed by atoms with Crippen molar-refractivity contribution in [1.29, 1.82) is 0 Å². The fourth-order valence-electron chi connectivity index (χ4n) is 3.74. The minimum Gasteiger partial charge on any atom is -0.370 e. The van der Waals surface area contributed by atoms with Crippen LogP contribution in [0.4, 0.5) is 10.2 Å². The van der Waals surface area contributed by atoms with E-state index in [0.717, 1.165) is 30.3 Å². The molecule has 2 N–H and O–H groups in total. The Hall–Kier alpha value is -2.18. The van der Waals surface area contributed by atoms with Gasteiger partial charge in [0.1, 0.15) is 17.5 Å². The molecule has 1 aliphatic rings. The molecule has 5 nitrogen and oxygen atoms in total. The highest BCUT2D eigenvalue weighted by molar-refractivity contribution is 6.31. The number of anilines is 1. The molecule has 1 aliphatic heterocycles. The fourth-order valence-corrected chi connectivity index (χ4v) is 3.90. The number of benzene rings is 1. The van der Waals surface area contributed by atoms with Gasteiger partial charge in [-0.25, -0.2) is 14.4 Å². The number of H-pyrrole nitrogens is 1. The number of likely N-dealkylation sites (tertiary alicyclic amines) is 1. The fraction of sp³-hybridized carbons (Fsp3) is 0.429. The van der Waals surface area contributed by atoms with E-state index in [-0.39, 0.29) is 5.02 Å². The number of aromatic nitrogens is 3. The molecular weight excluding hydrogens is 377 g/mol. The van der Waals surface area contributed by atoms with Crippen molar-refractivity contribution in [3.63, 3.8) is 0 Å². The molecule has 1 saturated heterocycles. The molecular formula is C21H25ClFN5. The average molecular weight is 402 g/mol. The van der Waals surface area contributed by atoms with Gasteiger partial charge < -0.3 is 15.2 Å². The normalized spacial score (nSPS) is 16.0. The maximum Gasteiger partial charge on any atom is 0.144 e. The van der Waals surface area contributed by atoms with Crippen molar-refractivity contribution in [1.82, 2.24) is 19.9 Å². The van der Waals surface area contributed by atoms with E-state index < -0.39 is 5.82 Å². The number of fused-ring (bicyclic) bond motifs is 1. The highest BCUT2D eigenvalue weighted by Crippen LogP contribution is 2.25. The zero-order valence-corrected chi connectivity index (χ0v) is 16.8. The summed E-state index contributed by atoms with van der Waals surface area (Å²) in [7, 11) is 2.20. The maximum absolute atomic E-state index is 13.6. The van der Waals surface area contributed by atoms with Gasteiger partial charge in [0.25, 0.3) is 0 Å². The summed E-state index contributed by atoms with van der Waals surface area (Å²) in [5.74, 6) is 1.91. The van der Waals surface area contributed by atoms with Gasteiger partial charge in [0, 0.05) is 24.4 Å². The molecule has 148 valence electrons. The highest BCUT2D eigenvalue weighted by atomic mass is 35.5. The van der Waals surface area contributed by atoms with Crippen LogP contribution >= 0.6 is 11.6 Å². The topological polar surface area (TPSA) is 56.8 Å². The third-order valence-corrected chi connectivity index (χ3v) is 5.78. The van der Waals surface area contributed by atoms with Crippen LogP contribution in [-0.4, -0.2) is 46.5 Å². The van der Waals surface area contributed by atoms with Gasteiger partial charge in [-0.3, -0.25) is 0 Å². The van der Waals surface area contributed by atoms with Gasteiger partial charge in [-0.1, -0.05) is 11.6 Å². The summed E-state index contributed by atoms with van der Waals surface area (Å²) in [4.78, 5) is 14.5. The number of halogens is 2. The van der Waals surface area contributed by atoms with Crippen molar-refractivity contribution in [3.05, 3.63) is 41.3 Å². The van der Waals surface area contributed by atoms with Gasteiger partial charge in [-0.15, -0.1) is 0 Å². The van der Waals surface area contributed by atoms with Crippen LogP contribution in [0, 0.1) is 11.7 Å². The monoisotopic (exact) mass is 401 g/mol. The van der Waals surface area contributed by atoms with E-state index in [0.29, 0.717) is 16.9 Å². The largest absolute Gasteiger partial charge is 0.370 e. The van der Waals surface area contributed by atoms with Crippen molar-refractivity contribution in [2.75, 3.05) is 32.0 Å². The number of nitrogens with one attached hydrogen (secondary N) is 2. The summed E-state index contributed by atoms with van der Waals surface area (Å²) in [6.07, 6.45) is 6.84. The van der Waals surface area contributed by atoms with E-state index in [2.05, 4.69) is 32.2 Å². The Morgan fingerprint density at radius 1 is 1.29 bits per heavy atom. The predicted molar refractivity (Wildman–Crippen MR) is 112 cm³/mol. The second-order valence-electron chi connectivity index (χ2n) is 7.62. The molecule has 28 heavy (non-hydrogen) atoms. The van der Waals surface area contributed by atoms with Crippen molar-refractivity contribution in [3.8, 4) is 11.4 Å². The molecule has 0 radical (unpaired) electrons. The Morgan fingerprint density at radius 3 is 2.86 bits per heavy atom. The lowest BCUT2D eigenvalue weighted by Crippen LogP contribution is -2.30. The van der Waals surface area contributed by atoms with E-state index in [1.54, 1.807) is 6.20 Å². The minimum absolute atomic E-state index is 0.0727. The van der Waals surface area contributed by atoms with E-state index in [4.69, 9.17) is 11.6 Å². The van der Waals surface area contributed by atoms with Crippen LogP contribution in [-0.2, 0) is 0 Å². The highest BCUT2D eigenvalue weighted by Gasteiger charge is 2.16. The first-order chi connectivity index (χ1) is 13.6. The molecule has 0 atom stereocenters. The predicted octanol–water partition coefficient (Wildman–Crippen LogP) is 4.95. The smallest absolute Gasteiger partial charge is 0.144 e. The van der Waals surface area contributed by atoms with Gasteiger partial charge in [0.2, 0.25) is 0 Å². The molecule has 3 heterocycles. The van der Waals surface area contributed by atoms with Crippen molar-refractivity contribution < 1.29 is 4.39 Å². The Balaban J connectivity index is 1.31. The molecule has 4 rings (SSSR count). The molecule has 0 aliphatic carbocycles. The molecule has 0 amide bonds. The van der Waals surface area contributed by atoms with E-state index in [9.17, 15) is 4.39 Å². The number of aromatic amines is 1. The zero-order chi connectivity index (χ0) is 19.5. The number of nitrogens with zero attached hydrogens (tertiary/aromatic N) is 3. The lowest BCUT2D eigenvalue weighted by Gasteiger charge is -2.28. The maximum atomic E-state index is 13.6. The molecule has 0 saturated carbocycles. The summed E-state index contributed by atoms with van der Waals surface area (Å²) in [6.45, 7) is 3.38. The molecule has 0 bridgehead atoms. The summed E-state index contributed by atoms with van der Waals surface area (Å²) in [5, 5.41) is 3.47. The van der Waals surface area contributed by atoms with Crippen LogP contribution in [0.15, 0.2) is 30.5 Å². The Bertz CT molecular complexity index is 893. The second kappa shape index (κ2) is 8.45. The number of pyridine rings is 1. The van der Waals surface area contributed by atoms with Gasteiger partial charge in [-0.05, 0) is 69.9 Å². The standard InChI is InChI=1S/C21H25ClFN5/c1-28-9-6-14(7-10-28)3-2-8-24-20-5-4-15(13-25-20)21-26-18-11-16(22)17(23)12-19(18)27-21/h4-5,11-14H,2-3,6-10H2,1H3,(H,24,25)(H,26,27). The van der Waals surface area contributed by atoms with Gasteiger partial charge in [0.15, 0.2) is 0 Å². The molecule has 2 aromatic heterocycles. The number of hydrogen-bond donors (Lipinski definition) is 2. The first-order valence-electron chi connectivity index (χ1n) is 9.82. The Kier molecular flexibility index (Phi) is 5.78. The van der Waals surface area contributed by atoms with Crippen LogP contribution < -0.4 is 5.32 Å². The first-order valence-corrected chi connectivity index (χ1v) is 10.2. The molecule has 0 spiro atoms. The molecule has 1 fully saturated rings. The number of imidazole rings is 1. The second-order valence-corrected chi connectivity index (χ2v) is 8.02. The quantitative estimate of drug-likeness (QED) is 0.574. The van der Waals surface area contributed by atoms with Gasteiger partial charge in [-0.2, -0.15) is 0 Å². The molecule has 3 aromatic rings. The van der Waals surface area contributed by atoms with Crippen molar-refractivity contribution >= 4 is 28.5 Å². The molecule has 0 unspecified atom stereocenters. The lowest BCUT2D eigenvalue weighted by atomic mass is 9.92. The third-order valence-electron chi connectivity index (χ3n) is 5.49. The van der Waals surface area contributed by atoms with Crippen molar-refractivity contribution in [2.45, 2.75) is 25.7 Å². The van der Waals surface area contributed by atoms with E-state index in [1.165, 1.54) is 44.5 Å². The van der Waals surface area contributed by atoms with Crippen LogP contribution in [0.25, 0.3) is 22.4 Å². The molecule has 1 aromatic carbocycles. The number of rotatable bonds is 6. The first kappa shape index (κ1) is 19.2. The van der Waals surface area contributed by atoms with E-state index >= 15 is 0 Å². The Morgan fingerprint density at radius 2 is 2.11 bits per heavy atom. The lowest BCUT2D eigenvalue weighted by molar-refractivity contribution is 0.211. The van der Waals surface area contributed by atoms with Crippen LogP contribution in [0.1, 0.15) is 25.7 Å². The van der Waals surface area contributed by atoms with Crippen LogP contribution in [0.5, 0.6) is 0 Å². The van der Waals surface area contributed by atoms with Gasteiger partial charge in [0.05, 0.1) is 16.1 Å². The zero-order valence-electron chi connectivity index (χ0n) is 16.0. The Labute approximate surface area is 169 Å². The SMILES string of the molecule is CN1CCC(CCCNc2ccc(-c3nc4cc(Cl)c(F)cc4[nH]3)cn2)CC1. The van der Waals surface area contributed by atoms with Crippen LogP contribution in [0.2, 0.25) is 5.02 Å². The van der Waals surface area contributed by atoms with Crippen LogP contribution in [0.3, 0.4) is 0 Å². The van der Waals surface area contributed by atoms with Gasteiger partial charge >= 0.3 is 0 Å². The number of piperidine rings is 1. The number of hydrogen-bond acceptors (Lipinski definition) is 4. The van der Waals surface area contributed by atoms with E-state index in [1.807, 2.05) is 12.1 Å². The summed E-state index contributed by atoms with van der Waals surface area (Å²) in [6, 6.07) is 6.80. The summed E-state index contributed by atoms with van der Waals surface area (Å²) in [5.41, 5.74) is 2.11. The summed E-state index contributed by atoms with van der Waals surface area (Å²) >= 11 is 5.83. The van der Waals surface area contributed by atoms with Crippen molar-refractivity contribution in [2.24, 2.45) is 5.92 Å². The molecule has 7 heteroatoms. The third kappa shape index (κ3) is 4.45. The minimum atomic E-state index is -0.456.